The summed E-state index contributed by atoms with van der Waals surface area (Å²) in [6.45, 7) is 12.4. The van der Waals surface area contributed by atoms with Crippen LogP contribution in [-0.2, 0) is 14.9 Å². The molecule has 2 heterocycles. The number of likely N-dealkylation sites (tertiary alicyclic amines) is 1. The van der Waals surface area contributed by atoms with E-state index in [-0.39, 0.29) is 34.4 Å². The number of amides is 2. The van der Waals surface area contributed by atoms with Gasteiger partial charge in [-0.15, -0.1) is 0 Å². The number of Topliss-reactive ketones (excluding diaryl/α,β-unsaturated/α-hetero) is 1. The Bertz CT molecular complexity index is 1570. The minimum absolute atomic E-state index is 0.0471. The fraction of sp³-hybridized carbons (Fsp3) is 0.472. The third kappa shape index (κ3) is 7.86. The number of hydrogen-bond acceptors (Lipinski definition) is 8. The van der Waals surface area contributed by atoms with E-state index >= 15 is 0 Å². The third-order valence-corrected chi connectivity index (χ3v) is 8.81. The molecule has 2 aliphatic heterocycles. The molecule has 0 aromatic heterocycles. The van der Waals surface area contributed by atoms with E-state index < -0.39 is 11.7 Å². The van der Waals surface area contributed by atoms with Crippen LogP contribution in [0.2, 0.25) is 0 Å². The number of piperidine rings is 1. The largest absolute Gasteiger partial charge is 0.494 e. The van der Waals surface area contributed by atoms with Gasteiger partial charge in [0.05, 0.1) is 31.6 Å². The van der Waals surface area contributed by atoms with Crippen LogP contribution in [0.3, 0.4) is 0 Å². The Hall–Kier alpha value is -3.99. The molecule has 0 spiro atoms. The molecule has 246 valence electrons. The van der Waals surface area contributed by atoms with Crippen molar-refractivity contribution in [3.8, 4) is 11.5 Å². The summed E-state index contributed by atoms with van der Waals surface area (Å²) >= 11 is 0. The van der Waals surface area contributed by atoms with Crippen molar-refractivity contribution in [1.82, 2.24) is 15.1 Å². The molecule has 2 fully saturated rings. The highest BCUT2D eigenvalue weighted by Crippen LogP contribution is 2.36. The maximum Gasteiger partial charge on any atom is 0.296 e. The van der Waals surface area contributed by atoms with Gasteiger partial charge in [-0.3, -0.25) is 19.3 Å². The summed E-state index contributed by atoms with van der Waals surface area (Å²) in [4.78, 5) is 45.4. The first-order valence-corrected chi connectivity index (χ1v) is 16.1. The Labute approximate surface area is 271 Å². The Kier molecular flexibility index (Phi) is 10.6. The van der Waals surface area contributed by atoms with Crippen molar-refractivity contribution < 1.29 is 28.6 Å². The van der Waals surface area contributed by atoms with Gasteiger partial charge in [0.1, 0.15) is 12.4 Å². The zero-order valence-electron chi connectivity index (χ0n) is 27.6. The fourth-order valence-corrected chi connectivity index (χ4v) is 5.97. The minimum Gasteiger partial charge on any atom is -0.494 e. The van der Waals surface area contributed by atoms with Crippen LogP contribution in [0.25, 0.3) is 10.8 Å². The van der Waals surface area contributed by atoms with Crippen molar-refractivity contribution in [2.45, 2.75) is 45.1 Å². The van der Waals surface area contributed by atoms with E-state index in [9.17, 15) is 14.4 Å². The monoisotopic (exact) mass is 630 g/mol. The van der Waals surface area contributed by atoms with Gasteiger partial charge in [-0.25, -0.2) is 0 Å². The molecule has 2 aliphatic rings. The third-order valence-electron chi connectivity index (χ3n) is 8.81. The first-order valence-electron chi connectivity index (χ1n) is 16.1. The van der Waals surface area contributed by atoms with Crippen LogP contribution in [0.5, 0.6) is 11.5 Å². The number of rotatable bonds is 10. The summed E-state index contributed by atoms with van der Waals surface area (Å²) in [5.74, 6) is -0.919. The van der Waals surface area contributed by atoms with Gasteiger partial charge in [-0.1, -0.05) is 45.0 Å². The summed E-state index contributed by atoms with van der Waals surface area (Å²) in [5, 5.41) is 7.31. The molecule has 5 rings (SSSR count). The SMILES string of the molecule is COc1c(NC(=O)C(=O)c2ccc(OCCN3CCOCC3)c3ccccc23)cc(C(C)(C)C)cc1C(=O)NC1CCN(C)CC1. The van der Waals surface area contributed by atoms with Gasteiger partial charge < -0.3 is 29.7 Å². The smallest absolute Gasteiger partial charge is 0.296 e. The lowest BCUT2D eigenvalue weighted by atomic mass is 9.85. The van der Waals surface area contributed by atoms with Crippen molar-refractivity contribution in [2.24, 2.45) is 0 Å². The van der Waals surface area contributed by atoms with E-state index in [4.69, 9.17) is 14.2 Å². The predicted molar refractivity (Wildman–Crippen MR) is 179 cm³/mol. The molecule has 3 aromatic rings. The number of methoxy groups -OCH3 is 1. The minimum atomic E-state index is -0.822. The van der Waals surface area contributed by atoms with E-state index in [0.717, 1.165) is 69.7 Å². The summed E-state index contributed by atoms with van der Waals surface area (Å²) in [5.41, 5.74) is 1.34. The molecule has 0 unspecified atom stereocenters. The molecule has 2 saturated heterocycles. The Balaban J connectivity index is 1.38. The van der Waals surface area contributed by atoms with E-state index in [1.54, 1.807) is 18.2 Å². The number of hydrogen-bond donors (Lipinski definition) is 2. The lowest BCUT2D eigenvalue weighted by Crippen LogP contribution is -2.43. The van der Waals surface area contributed by atoms with Crippen LogP contribution in [0.15, 0.2) is 48.5 Å². The van der Waals surface area contributed by atoms with Gasteiger partial charge in [0, 0.05) is 36.6 Å². The number of anilines is 1. The van der Waals surface area contributed by atoms with E-state index in [1.807, 2.05) is 51.1 Å². The molecular weight excluding hydrogens is 584 g/mol. The first kappa shape index (κ1) is 33.4. The molecule has 0 aliphatic carbocycles. The van der Waals surface area contributed by atoms with E-state index in [2.05, 4.69) is 27.5 Å². The Morgan fingerprint density at radius 3 is 2.30 bits per heavy atom. The van der Waals surface area contributed by atoms with Crippen LogP contribution >= 0.6 is 0 Å². The maximum atomic E-state index is 13.7. The van der Waals surface area contributed by atoms with Crippen LogP contribution < -0.4 is 20.1 Å². The lowest BCUT2D eigenvalue weighted by Gasteiger charge is -2.30. The number of ether oxygens (including phenoxy) is 3. The summed E-state index contributed by atoms with van der Waals surface area (Å²) in [6.07, 6.45) is 1.71. The number of ketones is 1. The van der Waals surface area contributed by atoms with Gasteiger partial charge >= 0.3 is 0 Å². The van der Waals surface area contributed by atoms with Crippen molar-refractivity contribution in [3.05, 3.63) is 65.2 Å². The van der Waals surface area contributed by atoms with Crippen LogP contribution in [0, 0.1) is 0 Å². The topological polar surface area (TPSA) is 109 Å². The van der Waals surface area contributed by atoms with Gasteiger partial charge in [0.15, 0.2) is 5.75 Å². The van der Waals surface area contributed by atoms with Gasteiger partial charge in [-0.05, 0) is 73.6 Å². The quantitative estimate of drug-likeness (QED) is 0.249. The van der Waals surface area contributed by atoms with Gasteiger partial charge in [-0.2, -0.15) is 0 Å². The number of carbonyl (C=O) groups excluding carboxylic acids is 3. The molecule has 0 saturated carbocycles. The van der Waals surface area contributed by atoms with Gasteiger partial charge in [0.25, 0.3) is 17.6 Å². The molecule has 0 atom stereocenters. The normalized spacial score (nSPS) is 16.6. The standard InChI is InChI=1S/C36H46N4O6/c1-36(2,3)24-22-29(34(42)37-25-12-14-39(4)15-13-25)33(44-5)30(23-24)38-35(43)32(41)28-10-11-31(27-9-7-6-8-26(27)28)46-21-18-40-16-19-45-20-17-40/h6-11,22-23,25H,12-21H2,1-5H3,(H,37,42)(H,38,43). The highest BCUT2D eigenvalue weighted by Gasteiger charge is 2.28. The molecule has 2 N–H and O–H groups in total. The average Bonchev–Trinajstić information content (AvgIpc) is 3.05. The molecule has 3 aromatic carbocycles. The number of fused-ring (bicyclic) bond motifs is 1. The molecule has 10 heteroatoms. The van der Waals surface area contributed by atoms with Crippen LogP contribution in [0.4, 0.5) is 5.69 Å². The van der Waals surface area contributed by atoms with E-state index in [0.29, 0.717) is 23.3 Å². The zero-order valence-corrected chi connectivity index (χ0v) is 27.6. The Morgan fingerprint density at radius 1 is 0.935 bits per heavy atom. The molecule has 46 heavy (non-hydrogen) atoms. The van der Waals surface area contributed by atoms with Crippen molar-refractivity contribution in [2.75, 3.05) is 72.0 Å². The number of nitrogens with one attached hydrogen (secondary N) is 2. The molecule has 0 bridgehead atoms. The van der Waals surface area contributed by atoms with Crippen molar-refractivity contribution in [1.29, 1.82) is 0 Å². The fourth-order valence-electron chi connectivity index (χ4n) is 5.97. The number of benzene rings is 3. The molecule has 10 nitrogen and oxygen atoms in total. The molecule has 2 amide bonds. The summed E-state index contributed by atoms with van der Waals surface area (Å²) < 4.78 is 17.3. The highest BCUT2D eigenvalue weighted by atomic mass is 16.5. The zero-order chi connectivity index (χ0) is 32.8. The summed E-state index contributed by atoms with van der Waals surface area (Å²) in [6, 6.07) is 14.4. The number of nitrogens with zero attached hydrogens (tertiary/aromatic N) is 2. The van der Waals surface area contributed by atoms with Crippen LogP contribution in [-0.4, -0.2) is 100 Å². The second-order valence-electron chi connectivity index (χ2n) is 13.1. The summed E-state index contributed by atoms with van der Waals surface area (Å²) in [7, 11) is 3.53. The van der Waals surface area contributed by atoms with Crippen molar-refractivity contribution >= 4 is 34.1 Å². The average molecular weight is 631 g/mol. The lowest BCUT2D eigenvalue weighted by molar-refractivity contribution is -0.112. The predicted octanol–water partition coefficient (Wildman–Crippen LogP) is 4.50. The Morgan fingerprint density at radius 2 is 1.63 bits per heavy atom. The number of morpholine rings is 1. The van der Waals surface area contributed by atoms with Crippen molar-refractivity contribution in [3.63, 3.8) is 0 Å². The van der Waals surface area contributed by atoms with Gasteiger partial charge in [0.2, 0.25) is 0 Å². The molecular formula is C36H46N4O6. The highest BCUT2D eigenvalue weighted by molar-refractivity contribution is 6.48. The van der Waals surface area contributed by atoms with E-state index in [1.165, 1.54) is 7.11 Å². The maximum absolute atomic E-state index is 13.7. The number of carbonyl (C=O) groups is 3. The van der Waals surface area contributed by atoms with Crippen LogP contribution in [0.1, 0.15) is 59.9 Å². The molecule has 0 radical (unpaired) electrons. The first-order chi connectivity index (χ1) is 22.0. The second kappa shape index (κ2) is 14.6. The second-order valence-corrected chi connectivity index (χ2v) is 13.1.